The SMILES string of the molecule is N#Cc1ccc(NC(=O)N2CCCC2)cc1C#N. The van der Waals surface area contributed by atoms with E-state index in [2.05, 4.69) is 5.32 Å². The van der Waals surface area contributed by atoms with Crippen molar-refractivity contribution >= 4 is 11.7 Å². The first-order valence-electron chi connectivity index (χ1n) is 5.75. The highest BCUT2D eigenvalue weighted by molar-refractivity contribution is 5.89. The molecule has 0 saturated carbocycles. The van der Waals surface area contributed by atoms with E-state index >= 15 is 0 Å². The zero-order valence-electron chi connectivity index (χ0n) is 9.81. The van der Waals surface area contributed by atoms with Gasteiger partial charge in [0.1, 0.15) is 12.1 Å². The number of carbonyl (C=O) groups excluding carboxylic acids is 1. The van der Waals surface area contributed by atoms with Crippen molar-refractivity contribution in [1.82, 2.24) is 4.90 Å². The molecule has 2 amide bonds. The molecule has 1 N–H and O–H groups in total. The number of hydrogen-bond acceptors (Lipinski definition) is 3. The van der Waals surface area contributed by atoms with Gasteiger partial charge in [-0.2, -0.15) is 10.5 Å². The van der Waals surface area contributed by atoms with Crippen LogP contribution in [-0.2, 0) is 0 Å². The van der Waals surface area contributed by atoms with Crippen LogP contribution in [0.5, 0.6) is 0 Å². The van der Waals surface area contributed by atoms with E-state index in [1.165, 1.54) is 12.1 Å². The highest BCUT2D eigenvalue weighted by atomic mass is 16.2. The Balaban J connectivity index is 2.13. The van der Waals surface area contributed by atoms with Crippen LogP contribution in [0.15, 0.2) is 18.2 Å². The Labute approximate surface area is 105 Å². The first-order chi connectivity index (χ1) is 8.74. The zero-order valence-corrected chi connectivity index (χ0v) is 9.81. The van der Waals surface area contributed by atoms with Crippen LogP contribution in [0, 0.1) is 22.7 Å². The third kappa shape index (κ3) is 2.41. The van der Waals surface area contributed by atoms with Crippen molar-refractivity contribution in [1.29, 1.82) is 10.5 Å². The third-order valence-electron chi connectivity index (χ3n) is 2.91. The maximum atomic E-state index is 11.8. The molecule has 0 bridgehead atoms. The first kappa shape index (κ1) is 11.9. The van der Waals surface area contributed by atoms with Gasteiger partial charge in [0.25, 0.3) is 0 Å². The van der Waals surface area contributed by atoms with E-state index in [0.29, 0.717) is 11.3 Å². The lowest BCUT2D eigenvalue weighted by atomic mass is 10.1. The highest BCUT2D eigenvalue weighted by Gasteiger charge is 2.17. The number of nitriles is 2. The topological polar surface area (TPSA) is 79.9 Å². The second-order valence-corrected chi connectivity index (χ2v) is 4.11. The summed E-state index contributed by atoms with van der Waals surface area (Å²) in [4.78, 5) is 13.6. The van der Waals surface area contributed by atoms with E-state index in [-0.39, 0.29) is 11.6 Å². The predicted molar refractivity (Wildman–Crippen MR) is 65.7 cm³/mol. The van der Waals surface area contributed by atoms with Crippen LogP contribution in [-0.4, -0.2) is 24.0 Å². The molecule has 1 saturated heterocycles. The Morgan fingerprint density at radius 3 is 2.44 bits per heavy atom. The number of benzene rings is 1. The van der Waals surface area contributed by atoms with Crippen LogP contribution < -0.4 is 5.32 Å². The average molecular weight is 240 g/mol. The molecule has 1 aliphatic heterocycles. The maximum absolute atomic E-state index is 11.8. The van der Waals surface area contributed by atoms with Gasteiger partial charge in [0, 0.05) is 18.8 Å². The number of nitrogens with zero attached hydrogens (tertiary/aromatic N) is 3. The van der Waals surface area contributed by atoms with Gasteiger partial charge >= 0.3 is 6.03 Å². The van der Waals surface area contributed by atoms with Crippen LogP contribution >= 0.6 is 0 Å². The molecular weight excluding hydrogens is 228 g/mol. The summed E-state index contributed by atoms with van der Waals surface area (Å²) in [5.74, 6) is 0. The van der Waals surface area contributed by atoms with Gasteiger partial charge in [0.15, 0.2) is 0 Å². The van der Waals surface area contributed by atoms with Gasteiger partial charge in [0.2, 0.25) is 0 Å². The predicted octanol–water partition coefficient (Wildman–Crippen LogP) is 2.06. The normalized spacial score (nSPS) is 13.8. The molecule has 0 unspecified atom stereocenters. The van der Waals surface area contributed by atoms with Gasteiger partial charge in [-0.05, 0) is 31.0 Å². The molecule has 1 aromatic carbocycles. The van der Waals surface area contributed by atoms with Crippen molar-refractivity contribution in [3.8, 4) is 12.1 Å². The molecule has 5 nitrogen and oxygen atoms in total. The Kier molecular flexibility index (Phi) is 3.45. The first-order valence-corrected chi connectivity index (χ1v) is 5.75. The van der Waals surface area contributed by atoms with Crippen molar-refractivity contribution in [3.63, 3.8) is 0 Å². The zero-order chi connectivity index (χ0) is 13.0. The minimum Gasteiger partial charge on any atom is -0.325 e. The van der Waals surface area contributed by atoms with Gasteiger partial charge in [0.05, 0.1) is 11.1 Å². The lowest BCUT2D eigenvalue weighted by Gasteiger charge is -2.16. The number of hydrogen-bond donors (Lipinski definition) is 1. The van der Waals surface area contributed by atoms with E-state index in [9.17, 15) is 4.79 Å². The Morgan fingerprint density at radius 1 is 1.17 bits per heavy atom. The van der Waals surface area contributed by atoms with Crippen molar-refractivity contribution in [2.45, 2.75) is 12.8 Å². The highest BCUT2D eigenvalue weighted by Crippen LogP contribution is 2.16. The van der Waals surface area contributed by atoms with Gasteiger partial charge in [-0.3, -0.25) is 0 Å². The van der Waals surface area contributed by atoms with Crippen LogP contribution in [0.4, 0.5) is 10.5 Å². The molecule has 1 heterocycles. The fraction of sp³-hybridized carbons (Fsp3) is 0.308. The largest absolute Gasteiger partial charge is 0.325 e. The summed E-state index contributed by atoms with van der Waals surface area (Å²) in [5.41, 5.74) is 1.14. The van der Waals surface area contributed by atoms with E-state index in [1.807, 2.05) is 12.1 Å². The van der Waals surface area contributed by atoms with E-state index in [4.69, 9.17) is 10.5 Å². The van der Waals surface area contributed by atoms with E-state index in [1.54, 1.807) is 11.0 Å². The minimum atomic E-state index is -0.152. The fourth-order valence-electron chi connectivity index (χ4n) is 1.93. The molecule has 1 fully saturated rings. The summed E-state index contributed by atoms with van der Waals surface area (Å²) in [6.07, 6.45) is 2.06. The quantitative estimate of drug-likeness (QED) is 0.815. The summed E-state index contributed by atoms with van der Waals surface area (Å²) < 4.78 is 0. The van der Waals surface area contributed by atoms with Crippen molar-refractivity contribution in [3.05, 3.63) is 29.3 Å². The number of urea groups is 1. The lowest BCUT2D eigenvalue weighted by Crippen LogP contribution is -2.32. The number of amides is 2. The van der Waals surface area contributed by atoms with Gasteiger partial charge in [-0.15, -0.1) is 0 Å². The van der Waals surface area contributed by atoms with Crippen molar-refractivity contribution in [2.24, 2.45) is 0 Å². The van der Waals surface area contributed by atoms with Crippen LogP contribution in [0.2, 0.25) is 0 Å². The van der Waals surface area contributed by atoms with Gasteiger partial charge < -0.3 is 10.2 Å². The summed E-state index contributed by atoms with van der Waals surface area (Å²) in [5, 5.41) is 20.4. The summed E-state index contributed by atoms with van der Waals surface area (Å²) in [6, 6.07) is 8.42. The second kappa shape index (κ2) is 5.20. The van der Waals surface area contributed by atoms with Crippen LogP contribution in [0.25, 0.3) is 0 Å². The molecule has 90 valence electrons. The van der Waals surface area contributed by atoms with Gasteiger partial charge in [-0.25, -0.2) is 4.79 Å². The number of nitrogens with one attached hydrogen (secondary N) is 1. The number of likely N-dealkylation sites (tertiary alicyclic amines) is 1. The summed E-state index contributed by atoms with van der Waals surface area (Å²) in [6.45, 7) is 1.54. The number of rotatable bonds is 1. The lowest BCUT2D eigenvalue weighted by molar-refractivity contribution is 0.222. The molecule has 1 aromatic rings. The fourth-order valence-corrected chi connectivity index (χ4v) is 1.93. The molecule has 0 aliphatic carbocycles. The molecule has 18 heavy (non-hydrogen) atoms. The van der Waals surface area contributed by atoms with Crippen LogP contribution in [0.1, 0.15) is 24.0 Å². The minimum absolute atomic E-state index is 0.152. The van der Waals surface area contributed by atoms with Crippen molar-refractivity contribution < 1.29 is 4.79 Å². The third-order valence-corrected chi connectivity index (χ3v) is 2.91. The summed E-state index contributed by atoms with van der Waals surface area (Å²) in [7, 11) is 0. The molecule has 2 rings (SSSR count). The molecule has 1 aliphatic rings. The molecule has 0 radical (unpaired) electrons. The summed E-state index contributed by atoms with van der Waals surface area (Å²) >= 11 is 0. The molecule has 0 aromatic heterocycles. The second-order valence-electron chi connectivity index (χ2n) is 4.11. The van der Waals surface area contributed by atoms with Gasteiger partial charge in [-0.1, -0.05) is 0 Å². The van der Waals surface area contributed by atoms with Crippen molar-refractivity contribution in [2.75, 3.05) is 18.4 Å². The number of carbonyl (C=O) groups is 1. The molecule has 5 heteroatoms. The average Bonchev–Trinajstić information content (AvgIpc) is 2.92. The maximum Gasteiger partial charge on any atom is 0.321 e. The van der Waals surface area contributed by atoms with E-state index in [0.717, 1.165) is 25.9 Å². The van der Waals surface area contributed by atoms with Crippen LogP contribution in [0.3, 0.4) is 0 Å². The molecular formula is C13H12N4O. The smallest absolute Gasteiger partial charge is 0.321 e. The molecule has 0 atom stereocenters. The Morgan fingerprint density at radius 2 is 1.83 bits per heavy atom. The Bertz CT molecular complexity index is 547. The standard InChI is InChI=1S/C13H12N4O/c14-8-10-3-4-12(7-11(10)9-15)16-13(18)17-5-1-2-6-17/h3-4,7H,1-2,5-6H2,(H,16,18). The Hall–Kier alpha value is -2.53. The molecule has 0 spiro atoms. The monoisotopic (exact) mass is 240 g/mol. The number of anilines is 1. The van der Waals surface area contributed by atoms with E-state index < -0.39 is 0 Å².